The predicted molar refractivity (Wildman–Crippen MR) is 83.2 cm³/mol. The summed E-state index contributed by atoms with van der Waals surface area (Å²) in [4.78, 5) is 12.2. The van der Waals surface area contributed by atoms with E-state index in [1.54, 1.807) is 6.07 Å². The molecular weight excluding hydrogens is 264 g/mol. The molecule has 0 unspecified atom stereocenters. The van der Waals surface area contributed by atoms with Crippen LogP contribution in [0.2, 0.25) is 0 Å². The van der Waals surface area contributed by atoms with E-state index >= 15 is 0 Å². The van der Waals surface area contributed by atoms with E-state index in [4.69, 9.17) is 5.73 Å². The van der Waals surface area contributed by atoms with Crippen LogP contribution in [-0.4, -0.2) is 14.2 Å². The first-order chi connectivity index (χ1) is 10.1. The summed E-state index contributed by atoms with van der Waals surface area (Å²) in [7, 11) is 0. The molecule has 5 heteroatoms. The second kappa shape index (κ2) is 5.18. The molecule has 0 fully saturated rings. The van der Waals surface area contributed by atoms with Crippen molar-refractivity contribution in [2.24, 2.45) is 5.73 Å². The highest BCUT2D eigenvalue weighted by atomic mass is 16.1. The average molecular weight is 282 g/mol. The maximum Gasteiger partial charge on any atom is 0.274 e. The lowest BCUT2D eigenvalue weighted by molar-refractivity contribution is 0.690. The summed E-state index contributed by atoms with van der Waals surface area (Å²) in [6, 6.07) is 11.6. The van der Waals surface area contributed by atoms with Gasteiger partial charge in [0.15, 0.2) is 0 Å². The molecule has 3 aromatic rings. The van der Waals surface area contributed by atoms with Crippen LogP contribution < -0.4 is 11.3 Å². The van der Waals surface area contributed by atoms with Crippen LogP contribution in [-0.2, 0) is 13.1 Å². The molecule has 0 aliphatic carbocycles. The molecule has 1 aromatic carbocycles. The molecule has 0 saturated carbocycles. The highest BCUT2D eigenvalue weighted by Crippen LogP contribution is 2.20. The monoisotopic (exact) mass is 282 g/mol. The summed E-state index contributed by atoms with van der Waals surface area (Å²) in [6.07, 6.45) is 0. The Bertz CT molecular complexity index is 860. The number of hydrogen-bond donors (Lipinski definition) is 1. The number of benzene rings is 1. The van der Waals surface area contributed by atoms with Crippen LogP contribution in [0, 0.1) is 6.92 Å². The number of nitrogens with zero attached hydrogens (tertiary/aromatic N) is 3. The van der Waals surface area contributed by atoms with Gasteiger partial charge < -0.3 is 10.3 Å². The lowest BCUT2D eigenvalue weighted by Gasteiger charge is -2.10. The molecule has 3 rings (SSSR count). The largest absolute Gasteiger partial charge is 0.329 e. The maximum absolute atomic E-state index is 12.2. The molecule has 0 radical (unpaired) electrons. The van der Waals surface area contributed by atoms with Crippen molar-refractivity contribution in [3.63, 3.8) is 0 Å². The van der Waals surface area contributed by atoms with Crippen LogP contribution in [0.4, 0.5) is 0 Å². The van der Waals surface area contributed by atoms with Crippen LogP contribution in [0.25, 0.3) is 16.9 Å². The summed E-state index contributed by atoms with van der Waals surface area (Å²) in [6.45, 7) is 5.15. The minimum Gasteiger partial charge on any atom is -0.329 e. The SMILES string of the molecule is CCn1c(CN)cc(=O)n2nc(-c3cccc(C)c3)cc12. The van der Waals surface area contributed by atoms with Crippen molar-refractivity contribution in [3.8, 4) is 11.3 Å². The minimum absolute atomic E-state index is 0.144. The number of aryl methyl sites for hydroxylation is 2. The van der Waals surface area contributed by atoms with E-state index in [1.807, 2.05) is 42.7 Å². The first-order valence-corrected chi connectivity index (χ1v) is 7.03. The van der Waals surface area contributed by atoms with E-state index in [0.29, 0.717) is 6.54 Å². The second-order valence-corrected chi connectivity index (χ2v) is 5.09. The summed E-state index contributed by atoms with van der Waals surface area (Å²) < 4.78 is 3.47. The van der Waals surface area contributed by atoms with Crippen LogP contribution >= 0.6 is 0 Å². The van der Waals surface area contributed by atoms with Gasteiger partial charge in [0.1, 0.15) is 5.65 Å². The molecule has 0 saturated heterocycles. The van der Waals surface area contributed by atoms with Gasteiger partial charge in [-0.05, 0) is 19.9 Å². The minimum atomic E-state index is -0.144. The van der Waals surface area contributed by atoms with Gasteiger partial charge in [0.2, 0.25) is 0 Å². The number of fused-ring (bicyclic) bond motifs is 1. The van der Waals surface area contributed by atoms with Crippen LogP contribution in [0.3, 0.4) is 0 Å². The van der Waals surface area contributed by atoms with Gasteiger partial charge >= 0.3 is 0 Å². The molecular formula is C16H18N4O. The van der Waals surface area contributed by atoms with Gasteiger partial charge in [-0.2, -0.15) is 9.61 Å². The lowest BCUT2D eigenvalue weighted by atomic mass is 10.1. The van der Waals surface area contributed by atoms with E-state index in [0.717, 1.165) is 34.7 Å². The third kappa shape index (κ3) is 2.25. The highest BCUT2D eigenvalue weighted by Gasteiger charge is 2.11. The fraction of sp³-hybridized carbons (Fsp3) is 0.250. The fourth-order valence-corrected chi connectivity index (χ4v) is 2.63. The van der Waals surface area contributed by atoms with Crippen molar-refractivity contribution in [2.75, 3.05) is 0 Å². The second-order valence-electron chi connectivity index (χ2n) is 5.09. The van der Waals surface area contributed by atoms with E-state index in [2.05, 4.69) is 11.2 Å². The molecule has 21 heavy (non-hydrogen) atoms. The highest BCUT2D eigenvalue weighted by molar-refractivity contribution is 5.65. The molecule has 5 nitrogen and oxygen atoms in total. The van der Waals surface area contributed by atoms with Crippen molar-refractivity contribution in [2.45, 2.75) is 26.9 Å². The predicted octanol–water partition coefficient (Wildman–Crippen LogP) is 1.95. The standard InChI is InChI=1S/C16H18N4O/c1-3-19-13(10-17)8-16(21)20-15(19)9-14(18-20)12-6-4-5-11(2)7-12/h4-9H,3,10,17H2,1-2H3. The zero-order chi connectivity index (χ0) is 15.0. The average Bonchev–Trinajstić information content (AvgIpc) is 2.92. The zero-order valence-electron chi connectivity index (χ0n) is 12.2. The molecule has 2 N–H and O–H groups in total. The molecule has 2 heterocycles. The summed E-state index contributed by atoms with van der Waals surface area (Å²) >= 11 is 0. The third-order valence-electron chi connectivity index (χ3n) is 3.65. The van der Waals surface area contributed by atoms with Gasteiger partial charge in [0, 0.05) is 36.5 Å². The first kappa shape index (κ1) is 13.6. The van der Waals surface area contributed by atoms with Crippen LogP contribution in [0.5, 0.6) is 0 Å². The Morgan fingerprint density at radius 2 is 2.05 bits per heavy atom. The van der Waals surface area contributed by atoms with Gasteiger partial charge in [-0.1, -0.05) is 23.8 Å². The number of nitrogens with two attached hydrogens (primary N) is 1. The molecule has 0 spiro atoms. The molecule has 0 aliphatic rings. The summed E-state index contributed by atoms with van der Waals surface area (Å²) in [5.74, 6) is 0. The van der Waals surface area contributed by atoms with Crippen molar-refractivity contribution >= 4 is 5.65 Å². The Kier molecular flexibility index (Phi) is 3.35. The fourth-order valence-electron chi connectivity index (χ4n) is 2.63. The first-order valence-electron chi connectivity index (χ1n) is 7.03. The quantitative estimate of drug-likeness (QED) is 0.798. The van der Waals surface area contributed by atoms with E-state index in [1.165, 1.54) is 4.52 Å². The molecule has 0 bridgehead atoms. The van der Waals surface area contributed by atoms with Gasteiger partial charge in [0.05, 0.1) is 5.69 Å². The van der Waals surface area contributed by atoms with Gasteiger partial charge in [-0.25, -0.2) is 0 Å². The van der Waals surface area contributed by atoms with E-state index in [-0.39, 0.29) is 5.56 Å². The van der Waals surface area contributed by atoms with Crippen LogP contribution in [0.15, 0.2) is 41.2 Å². The van der Waals surface area contributed by atoms with Crippen molar-refractivity contribution < 1.29 is 0 Å². The van der Waals surface area contributed by atoms with Crippen LogP contribution in [0.1, 0.15) is 18.2 Å². The molecule has 2 aromatic heterocycles. The van der Waals surface area contributed by atoms with Gasteiger partial charge in [-0.3, -0.25) is 4.79 Å². The van der Waals surface area contributed by atoms with E-state index < -0.39 is 0 Å². The third-order valence-corrected chi connectivity index (χ3v) is 3.65. The Morgan fingerprint density at radius 3 is 2.71 bits per heavy atom. The molecule has 0 atom stereocenters. The Morgan fingerprint density at radius 1 is 1.24 bits per heavy atom. The normalized spacial score (nSPS) is 11.2. The smallest absolute Gasteiger partial charge is 0.274 e. The summed E-state index contributed by atoms with van der Waals surface area (Å²) in [5, 5.41) is 4.45. The Balaban J connectivity index is 2.29. The van der Waals surface area contributed by atoms with Gasteiger partial charge in [0.25, 0.3) is 5.56 Å². The summed E-state index contributed by atoms with van der Waals surface area (Å²) in [5.41, 5.74) is 10.2. The Labute approximate surface area is 122 Å². The lowest BCUT2D eigenvalue weighted by Crippen LogP contribution is -2.22. The topological polar surface area (TPSA) is 65.3 Å². The number of hydrogen-bond acceptors (Lipinski definition) is 3. The molecule has 0 amide bonds. The number of aromatic nitrogens is 3. The van der Waals surface area contributed by atoms with Crippen molar-refractivity contribution in [1.82, 2.24) is 14.2 Å². The zero-order valence-corrected chi connectivity index (χ0v) is 12.2. The number of rotatable bonds is 3. The van der Waals surface area contributed by atoms with Gasteiger partial charge in [-0.15, -0.1) is 0 Å². The van der Waals surface area contributed by atoms with Crippen molar-refractivity contribution in [3.05, 3.63) is 58.0 Å². The van der Waals surface area contributed by atoms with E-state index in [9.17, 15) is 4.79 Å². The molecule has 0 aliphatic heterocycles. The Hall–Kier alpha value is -2.40. The molecule has 108 valence electrons. The van der Waals surface area contributed by atoms with Crippen molar-refractivity contribution in [1.29, 1.82) is 0 Å². The maximum atomic E-state index is 12.2.